The molecule has 3 N–H and O–H groups in total. The van der Waals surface area contributed by atoms with E-state index in [0.29, 0.717) is 6.54 Å². The highest BCUT2D eigenvalue weighted by Gasteiger charge is 2.66. The Balaban J connectivity index is 2.32. The van der Waals surface area contributed by atoms with Gasteiger partial charge in [-0.25, -0.2) is 0 Å². The van der Waals surface area contributed by atoms with Crippen LogP contribution in [0.3, 0.4) is 0 Å². The number of thiophene rings is 1. The van der Waals surface area contributed by atoms with E-state index in [4.69, 9.17) is 5.73 Å². The number of hydrogen-bond acceptors (Lipinski definition) is 3. The van der Waals surface area contributed by atoms with Crippen molar-refractivity contribution in [1.29, 1.82) is 0 Å². The molecule has 14 heavy (non-hydrogen) atoms. The van der Waals surface area contributed by atoms with E-state index >= 15 is 0 Å². The van der Waals surface area contributed by atoms with E-state index in [1.54, 1.807) is 11.3 Å². The van der Waals surface area contributed by atoms with Crippen molar-refractivity contribution in [2.24, 2.45) is 11.1 Å². The van der Waals surface area contributed by atoms with Crippen LogP contribution in [0.2, 0.25) is 0 Å². The SMILES string of the molecule is CCC1(c2cccs2)CC1(CN)CO. The van der Waals surface area contributed by atoms with Gasteiger partial charge >= 0.3 is 0 Å². The van der Waals surface area contributed by atoms with E-state index < -0.39 is 0 Å². The molecule has 3 heteroatoms. The largest absolute Gasteiger partial charge is 0.396 e. The van der Waals surface area contributed by atoms with Crippen molar-refractivity contribution in [3.8, 4) is 0 Å². The van der Waals surface area contributed by atoms with Crippen LogP contribution in [-0.4, -0.2) is 18.3 Å². The zero-order chi connectivity index (χ0) is 10.2. The normalized spacial score (nSPS) is 35.9. The Morgan fingerprint density at radius 2 is 2.43 bits per heavy atom. The number of hydrogen-bond donors (Lipinski definition) is 2. The van der Waals surface area contributed by atoms with Gasteiger partial charge in [-0.1, -0.05) is 13.0 Å². The Labute approximate surface area is 88.8 Å². The van der Waals surface area contributed by atoms with Gasteiger partial charge < -0.3 is 10.8 Å². The van der Waals surface area contributed by atoms with Crippen molar-refractivity contribution < 1.29 is 5.11 Å². The lowest BCUT2D eigenvalue weighted by Crippen LogP contribution is -2.28. The molecule has 0 aliphatic heterocycles. The van der Waals surface area contributed by atoms with Crippen LogP contribution in [0.1, 0.15) is 24.6 Å². The van der Waals surface area contributed by atoms with Gasteiger partial charge in [-0.05, 0) is 24.3 Å². The van der Waals surface area contributed by atoms with Crippen LogP contribution in [0.4, 0.5) is 0 Å². The third-order valence-corrected chi connectivity index (χ3v) is 4.89. The first-order valence-corrected chi connectivity index (χ1v) is 5.97. The van der Waals surface area contributed by atoms with Crippen molar-refractivity contribution >= 4 is 11.3 Å². The molecule has 0 bridgehead atoms. The zero-order valence-electron chi connectivity index (χ0n) is 8.49. The lowest BCUT2D eigenvalue weighted by Gasteiger charge is -2.20. The highest BCUT2D eigenvalue weighted by molar-refractivity contribution is 7.10. The summed E-state index contributed by atoms with van der Waals surface area (Å²) in [7, 11) is 0. The lowest BCUT2D eigenvalue weighted by atomic mass is 9.89. The van der Waals surface area contributed by atoms with Crippen LogP contribution in [0.25, 0.3) is 0 Å². The highest BCUT2D eigenvalue weighted by Crippen LogP contribution is 2.66. The average Bonchev–Trinajstić information content (AvgIpc) is 2.62. The van der Waals surface area contributed by atoms with Gasteiger partial charge in [0.1, 0.15) is 0 Å². The first-order valence-electron chi connectivity index (χ1n) is 5.09. The fourth-order valence-corrected chi connectivity index (χ4v) is 3.77. The Kier molecular flexibility index (Phi) is 2.41. The monoisotopic (exact) mass is 211 g/mol. The second kappa shape index (κ2) is 3.33. The van der Waals surface area contributed by atoms with E-state index in [9.17, 15) is 5.11 Å². The summed E-state index contributed by atoms with van der Waals surface area (Å²) in [4.78, 5) is 1.39. The van der Waals surface area contributed by atoms with E-state index in [-0.39, 0.29) is 17.4 Å². The van der Waals surface area contributed by atoms with Crippen molar-refractivity contribution in [3.63, 3.8) is 0 Å². The van der Waals surface area contributed by atoms with Gasteiger partial charge in [0, 0.05) is 22.3 Å². The molecule has 2 rings (SSSR count). The molecular formula is C11H17NOS. The minimum Gasteiger partial charge on any atom is -0.396 e. The number of aliphatic hydroxyl groups is 1. The summed E-state index contributed by atoms with van der Waals surface area (Å²) >= 11 is 1.78. The summed E-state index contributed by atoms with van der Waals surface area (Å²) in [6.45, 7) is 3.00. The first-order chi connectivity index (χ1) is 6.74. The molecular weight excluding hydrogens is 194 g/mol. The van der Waals surface area contributed by atoms with Crippen LogP contribution in [0, 0.1) is 5.41 Å². The lowest BCUT2D eigenvalue weighted by molar-refractivity contribution is 0.194. The Bertz CT molecular complexity index is 305. The second-order valence-corrected chi connectivity index (χ2v) is 5.18. The Morgan fingerprint density at radius 1 is 1.64 bits per heavy atom. The molecule has 0 radical (unpaired) electrons. The minimum absolute atomic E-state index is 0.0351. The van der Waals surface area contributed by atoms with E-state index in [0.717, 1.165) is 12.8 Å². The molecule has 1 fully saturated rings. The van der Waals surface area contributed by atoms with Gasteiger partial charge in [0.15, 0.2) is 0 Å². The minimum atomic E-state index is -0.0351. The van der Waals surface area contributed by atoms with Gasteiger partial charge in [-0.3, -0.25) is 0 Å². The van der Waals surface area contributed by atoms with Gasteiger partial charge in [0.05, 0.1) is 6.61 Å². The van der Waals surface area contributed by atoms with E-state index in [1.165, 1.54) is 4.88 Å². The molecule has 2 unspecified atom stereocenters. The summed E-state index contributed by atoms with van der Waals surface area (Å²) in [5.41, 5.74) is 5.92. The maximum absolute atomic E-state index is 9.45. The molecule has 0 saturated heterocycles. The second-order valence-electron chi connectivity index (χ2n) is 4.23. The summed E-state index contributed by atoms with van der Waals surface area (Å²) in [6.07, 6.45) is 2.12. The molecule has 1 aromatic rings. The average molecular weight is 211 g/mol. The summed E-state index contributed by atoms with van der Waals surface area (Å²) in [5.74, 6) is 0. The molecule has 0 amide bonds. The van der Waals surface area contributed by atoms with Crippen molar-refractivity contribution in [2.45, 2.75) is 25.2 Å². The van der Waals surface area contributed by atoms with Crippen molar-refractivity contribution in [1.82, 2.24) is 0 Å². The summed E-state index contributed by atoms with van der Waals surface area (Å²) < 4.78 is 0. The quantitative estimate of drug-likeness (QED) is 0.797. The molecule has 78 valence electrons. The molecule has 1 heterocycles. The molecule has 2 nitrogen and oxygen atoms in total. The fraction of sp³-hybridized carbons (Fsp3) is 0.636. The predicted octanol–water partition coefficient (Wildman–Crippen LogP) is 1.74. The number of nitrogens with two attached hydrogens (primary N) is 1. The molecule has 1 saturated carbocycles. The topological polar surface area (TPSA) is 46.2 Å². The van der Waals surface area contributed by atoms with Crippen molar-refractivity contribution in [2.75, 3.05) is 13.2 Å². The van der Waals surface area contributed by atoms with Crippen LogP contribution in [0.15, 0.2) is 17.5 Å². The Morgan fingerprint density at radius 3 is 2.79 bits per heavy atom. The van der Waals surface area contributed by atoms with Gasteiger partial charge in [-0.2, -0.15) is 0 Å². The standard InChI is InChI=1S/C11H17NOS/c1-2-11(9-4-3-5-14-9)6-10(11,7-12)8-13/h3-5,13H,2,6-8,12H2,1H3. The first kappa shape index (κ1) is 10.1. The van der Waals surface area contributed by atoms with Crippen LogP contribution in [0.5, 0.6) is 0 Å². The van der Waals surface area contributed by atoms with Gasteiger partial charge in [0.25, 0.3) is 0 Å². The summed E-state index contributed by atoms with van der Waals surface area (Å²) in [6, 6.07) is 4.25. The molecule has 2 atom stereocenters. The maximum Gasteiger partial charge on any atom is 0.0508 e. The smallest absolute Gasteiger partial charge is 0.0508 e. The van der Waals surface area contributed by atoms with Crippen LogP contribution in [-0.2, 0) is 5.41 Å². The molecule has 0 spiro atoms. The molecule has 1 aliphatic rings. The maximum atomic E-state index is 9.45. The van der Waals surface area contributed by atoms with Crippen molar-refractivity contribution in [3.05, 3.63) is 22.4 Å². The highest BCUT2D eigenvalue weighted by atomic mass is 32.1. The summed E-state index contributed by atoms with van der Waals surface area (Å²) in [5, 5.41) is 11.5. The van der Waals surface area contributed by atoms with Crippen LogP contribution < -0.4 is 5.73 Å². The third kappa shape index (κ3) is 1.09. The predicted molar refractivity (Wildman–Crippen MR) is 59.5 cm³/mol. The molecule has 1 aliphatic carbocycles. The molecule has 1 aromatic heterocycles. The Hall–Kier alpha value is -0.380. The van der Waals surface area contributed by atoms with Crippen LogP contribution >= 0.6 is 11.3 Å². The van der Waals surface area contributed by atoms with Gasteiger partial charge in [0.2, 0.25) is 0 Å². The number of aliphatic hydroxyl groups excluding tert-OH is 1. The van der Waals surface area contributed by atoms with E-state index in [1.807, 2.05) is 0 Å². The van der Waals surface area contributed by atoms with Gasteiger partial charge in [-0.15, -0.1) is 11.3 Å². The fourth-order valence-electron chi connectivity index (χ4n) is 2.65. The molecule has 0 aromatic carbocycles. The zero-order valence-corrected chi connectivity index (χ0v) is 9.31. The third-order valence-electron chi connectivity index (χ3n) is 3.82. The number of rotatable bonds is 4. The van der Waals surface area contributed by atoms with E-state index in [2.05, 4.69) is 24.4 Å².